The topological polar surface area (TPSA) is 116 Å². The summed E-state index contributed by atoms with van der Waals surface area (Å²) in [6.07, 6.45) is -0.166. The molecule has 26 heavy (non-hydrogen) atoms. The van der Waals surface area contributed by atoms with Crippen LogP contribution in [0.25, 0.3) is 0 Å². The van der Waals surface area contributed by atoms with E-state index in [9.17, 15) is 14.7 Å². The van der Waals surface area contributed by atoms with E-state index in [1.807, 2.05) is 0 Å². The number of carbonyl (C=O) groups excluding carboxylic acids is 2. The summed E-state index contributed by atoms with van der Waals surface area (Å²) < 4.78 is 3.87. The Balaban J connectivity index is 1.98. The zero-order valence-electron chi connectivity index (χ0n) is 13.7. The molecule has 1 aromatic carbocycles. The van der Waals surface area contributed by atoms with Crippen LogP contribution in [0.5, 0.6) is 0 Å². The third kappa shape index (κ3) is 4.74. The first-order valence-electron chi connectivity index (χ1n) is 7.68. The second-order valence-corrected chi connectivity index (χ2v) is 8.88. The van der Waals surface area contributed by atoms with Gasteiger partial charge in [-0.2, -0.15) is 0 Å². The number of ether oxygens (including phenoxy) is 1. The molecule has 1 saturated carbocycles. The Morgan fingerprint density at radius 2 is 1.85 bits per heavy atom. The SMILES string of the molecule is CC(COC(=O)[C@H]1[C@H](c2cc(Cl)cc(Cl)c2)C1(Cl)Cl)CC(N)(O)C(N)=O. The van der Waals surface area contributed by atoms with Crippen molar-refractivity contribution in [3.8, 4) is 0 Å². The third-order valence-electron chi connectivity index (χ3n) is 4.15. The average molecular weight is 444 g/mol. The molecule has 0 aliphatic heterocycles. The van der Waals surface area contributed by atoms with Gasteiger partial charge in [0.2, 0.25) is 0 Å². The van der Waals surface area contributed by atoms with E-state index in [1.165, 1.54) is 0 Å². The Kier molecular flexibility index (Phi) is 6.38. The summed E-state index contributed by atoms with van der Waals surface area (Å²) in [4.78, 5) is 23.4. The Bertz CT molecular complexity index is 706. The van der Waals surface area contributed by atoms with Gasteiger partial charge in [-0.1, -0.05) is 53.3 Å². The van der Waals surface area contributed by atoms with Gasteiger partial charge in [-0.15, -0.1) is 0 Å². The van der Waals surface area contributed by atoms with Gasteiger partial charge in [0.05, 0.1) is 6.61 Å². The van der Waals surface area contributed by atoms with Gasteiger partial charge >= 0.3 is 5.97 Å². The van der Waals surface area contributed by atoms with Crippen molar-refractivity contribution < 1.29 is 19.4 Å². The molecule has 0 saturated heterocycles. The maximum Gasteiger partial charge on any atom is 0.312 e. The molecule has 2 unspecified atom stereocenters. The van der Waals surface area contributed by atoms with Crippen molar-refractivity contribution in [3.05, 3.63) is 33.8 Å². The molecule has 1 aliphatic rings. The molecule has 0 heterocycles. The number of amides is 1. The van der Waals surface area contributed by atoms with Gasteiger partial charge in [-0.05, 0) is 29.7 Å². The molecule has 0 radical (unpaired) electrons. The molecule has 1 fully saturated rings. The molecule has 5 N–H and O–H groups in total. The monoisotopic (exact) mass is 442 g/mol. The molecular formula is C16H18Cl4N2O4. The number of esters is 1. The summed E-state index contributed by atoms with van der Waals surface area (Å²) in [6.45, 7) is 1.55. The molecule has 10 heteroatoms. The standard InChI is InChI=1S/C16H18Cl4N2O4/c1-7(5-15(22,25)14(21)24)6-26-13(23)12-11(16(12,19)20)8-2-9(17)4-10(18)3-8/h2-4,7,11-12,25H,5-6,22H2,1H3,(H2,21,24)/t7?,11-,12+,15?/m0/s1. The minimum absolute atomic E-state index is 0.0883. The number of halogens is 4. The largest absolute Gasteiger partial charge is 0.465 e. The second kappa shape index (κ2) is 7.70. The van der Waals surface area contributed by atoms with Crippen molar-refractivity contribution in [2.45, 2.75) is 29.3 Å². The number of aliphatic hydroxyl groups is 1. The number of benzene rings is 1. The van der Waals surface area contributed by atoms with Crippen molar-refractivity contribution in [1.82, 2.24) is 0 Å². The van der Waals surface area contributed by atoms with Crippen LogP contribution in [-0.4, -0.2) is 33.6 Å². The van der Waals surface area contributed by atoms with Crippen LogP contribution in [0.2, 0.25) is 10.0 Å². The normalized spacial score (nSPS) is 24.4. The summed E-state index contributed by atoms with van der Waals surface area (Å²) in [6, 6.07) is 4.82. The van der Waals surface area contributed by atoms with Crippen LogP contribution in [0.3, 0.4) is 0 Å². The lowest BCUT2D eigenvalue weighted by Crippen LogP contribution is -2.53. The predicted molar refractivity (Wildman–Crippen MR) is 100 cm³/mol. The minimum atomic E-state index is -2.17. The summed E-state index contributed by atoms with van der Waals surface area (Å²) in [5.41, 5.74) is 8.84. The van der Waals surface area contributed by atoms with Gasteiger partial charge < -0.3 is 15.6 Å². The van der Waals surface area contributed by atoms with Crippen molar-refractivity contribution in [2.24, 2.45) is 23.3 Å². The molecule has 0 bridgehead atoms. The van der Waals surface area contributed by atoms with Crippen LogP contribution in [0.4, 0.5) is 0 Å². The summed E-state index contributed by atoms with van der Waals surface area (Å²) in [5, 5.41) is 10.5. The first-order chi connectivity index (χ1) is 11.9. The molecule has 2 rings (SSSR count). The molecule has 1 aliphatic carbocycles. The second-order valence-electron chi connectivity index (χ2n) is 6.56. The highest BCUT2D eigenvalue weighted by Gasteiger charge is 2.68. The van der Waals surface area contributed by atoms with Gasteiger partial charge in [0.25, 0.3) is 5.91 Å². The molecule has 6 nitrogen and oxygen atoms in total. The minimum Gasteiger partial charge on any atom is -0.465 e. The van der Waals surface area contributed by atoms with E-state index in [0.29, 0.717) is 15.6 Å². The lowest BCUT2D eigenvalue weighted by molar-refractivity contribution is -0.148. The predicted octanol–water partition coefficient (Wildman–Crippen LogP) is 2.58. The van der Waals surface area contributed by atoms with Gasteiger partial charge in [-0.25, -0.2) is 0 Å². The smallest absolute Gasteiger partial charge is 0.312 e. The first-order valence-corrected chi connectivity index (χ1v) is 9.19. The van der Waals surface area contributed by atoms with E-state index in [-0.39, 0.29) is 13.0 Å². The van der Waals surface area contributed by atoms with E-state index < -0.39 is 39.7 Å². The highest BCUT2D eigenvalue weighted by Crippen LogP contribution is 2.65. The summed E-state index contributed by atoms with van der Waals surface area (Å²) >= 11 is 24.4. The maximum absolute atomic E-state index is 12.3. The van der Waals surface area contributed by atoms with E-state index in [1.54, 1.807) is 25.1 Å². The Labute approximate surface area is 170 Å². The first kappa shape index (κ1) is 21.5. The maximum atomic E-state index is 12.3. The van der Waals surface area contributed by atoms with Crippen molar-refractivity contribution >= 4 is 58.3 Å². The molecule has 0 spiro atoms. The highest BCUT2D eigenvalue weighted by atomic mass is 35.5. The van der Waals surface area contributed by atoms with Crippen LogP contribution in [0.15, 0.2) is 18.2 Å². The van der Waals surface area contributed by atoms with Gasteiger partial charge in [0, 0.05) is 22.4 Å². The number of primary amides is 1. The summed E-state index contributed by atoms with van der Waals surface area (Å²) in [5.74, 6) is -3.39. The van der Waals surface area contributed by atoms with Gasteiger partial charge in [0.15, 0.2) is 5.72 Å². The number of hydrogen-bond donors (Lipinski definition) is 3. The lowest BCUT2D eigenvalue weighted by atomic mass is 9.99. The van der Waals surface area contributed by atoms with Crippen LogP contribution in [0.1, 0.15) is 24.8 Å². The van der Waals surface area contributed by atoms with E-state index in [2.05, 4.69) is 0 Å². The fourth-order valence-corrected chi connectivity index (χ4v) is 4.15. The lowest BCUT2D eigenvalue weighted by Gasteiger charge is -2.22. The van der Waals surface area contributed by atoms with Crippen molar-refractivity contribution in [1.29, 1.82) is 0 Å². The number of nitrogens with two attached hydrogens (primary N) is 2. The number of hydrogen-bond acceptors (Lipinski definition) is 5. The van der Waals surface area contributed by atoms with Crippen molar-refractivity contribution in [3.63, 3.8) is 0 Å². The number of rotatable bonds is 7. The third-order valence-corrected chi connectivity index (χ3v) is 5.52. The number of carbonyl (C=O) groups is 2. The van der Waals surface area contributed by atoms with Crippen LogP contribution < -0.4 is 11.5 Å². The van der Waals surface area contributed by atoms with Gasteiger partial charge in [0.1, 0.15) is 10.3 Å². The zero-order chi connectivity index (χ0) is 19.9. The molecular weight excluding hydrogens is 426 g/mol. The quantitative estimate of drug-likeness (QED) is 0.340. The van der Waals surface area contributed by atoms with Gasteiger partial charge in [-0.3, -0.25) is 15.3 Å². The van der Waals surface area contributed by atoms with Crippen molar-refractivity contribution in [2.75, 3.05) is 6.61 Å². The Hall–Kier alpha value is -0.760. The Morgan fingerprint density at radius 1 is 1.31 bits per heavy atom. The Morgan fingerprint density at radius 3 is 2.35 bits per heavy atom. The van der Waals surface area contributed by atoms with Crippen LogP contribution in [-0.2, 0) is 14.3 Å². The van der Waals surface area contributed by atoms with E-state index >= 15 is 0 Å². The van der Waals surface area contributed by atoms with E-state index in [0.717, 1.165) is 0 Å². The molecule has 144 valence electrons. The van der Waals surface area contributed by atoms with Crippen LogP contribution >= 0.6 is 46.4 Å². The molecule has 4 atom stereocenters. The molecule has 1 aromatic rings. The molecule has 1 amide bonds. The summed E-state index contributed by atoms with van der Waals surface area (Å²) in [7, 11) is 0. The van der Waals surface area contributed by atoms with E-state index in [4.69, 9.17) is 62.6 Å². The fourth-order valence-electron chi connectivity index (χ4n) is 2.79. The average Bonchev–Trinajstić information content (AvgIpc) is 3.06. The number of alkyl halides is 2. The van der Waals surface area contributed by atoms with Crippen LogP contribution in [0, 0.1) is 11.8 Å². The molecule has 0 aromatic heterocycles. The zero-order valence-corrected chi connectivity index (χ0v) is 16.7. The highest BCUT2D eigenvalue weighted by molar-refractivity contribution is 6.53. The fraction of sp³-hybridized carbons (Fsp3) is 0.500.